The predicted octanol–water partition coefficient (Wildman–Crippen LogP) is 2.51. The molecular formula is C16H21N5OS. The van der Waals surface area contributed by atoms with E-state index in [-0.39, 0.29) is 5.91 Å². The lowest BCUT2D eigenvalue weighted by molar-refractivity contribution is -0.118. The quantitative estimate of drug-likeness (QED) is 0.823. The van der Waals surface area contributed by atoms with Crippen molar-refractivity contribution in [1.29, 1.82) is 0 Å². The first-order valence-corrected chi connectivity index (χ1v) is 8.94. The van der Waals surface area contributed by atoms with Crippen LogP contribution in [0.4, 0.5) is 0 Å². The minimum absolute atomic E-state index is 0.00234. The van der Waals surface area contributed by atoms with Crippen molar-refractivity contribution in [2.24, 2.45) is 0 Å². The normalized spacial score (nSPS) is 15.0. The van der Waals surface area contributed by atoms with Crippen LogP contribution in [0.25, 0.3) is 0 Å². The van der Waals surface area contributed by atoms with Gasteiger partial charge in [0.2, 0.25) is 11.1 Å². The molecule has 1 N–H and O–H groups in total. The summed E-state index contributed by atoms with van der Waals surface area (Å²) in [6, 6.07) is 8.53. The van der Waals surface area contributed by atoms with Crippen LogP contribution in [-0.2, 0) is 11.3 Å². The predicted molar refractivity (Wildman–Crippen MR) is 89.1 cm³/mol. The lowest BCUT2D eigenvalue weighted by Crippen LogP contribution is -2.24. The number of benzene rings is 1. The number of hydrogen-bond acceptors (Lipinski definition) is 5. The summed E-state index contributed by atoms with van der Waals surface area (Å²) >= 11 is 1.40. The average Bonchev–Trinajstić information content (AvgIpc) is 3.21. The van der Waals surface area contributed by atoms with Crippen molar-refractivity contribution in [2.75, 3.05) is 5.75 Å². The number of tetrazole rings is 1. The molecule has 1 aromatic heterocycles. The van der Waals surface area contributed by atoms with E-state index in [1.165, 1.54) is 30.2 Å². The molecule has 0 spiro atoms. The van der Waals surface area contributed by atoms with Gasteiger partial charge in [0, 0.05) is 6.54 Å². The van der Waals surface area contributed by atoms with Crippen molar-refractivity contribution < 1.29 is 4.79 Å². The van der Waals surface area contributed by atoms with Crippen LogP contribution in [0.1, 0.15) is 42.9 Å². The Bertz CT molecular complexity index is 666. The number of nitrogens with zero attached hydrogens (tertiary/aromatic N) is 4. The third-order valence-corrected chi connectivity index (χ3v) is 4.97. The third kappa shape index (κ3) is 4.31. The molecule has 1 saturated carbocycles. The zero-order valence-electron chi connectivity index (χ0n) is 13.2. The van der Waals surface area contributed by atoms with Gasteiger partial charge >= 0.3 is 0 Å². The number of aryl methyl sites for hydroxylation is 1. The van der Waals surface area contributed by atoms with Gasteiger partial charge in [0.15, 0.2) is 0 Å². The smallest absolute Gasteiger partial charge is 0.230 e. The van der Waals surface area contributed by atoms with Crippen LogP contribution >= 0.6 is 11.8 Å². The Morgan fingerprint density at radius 1 is 1.39 bits per heavy atom. The highest BCUT2D eigenvalue weighted by Crippen LogP contribution is 2.31. The van der Waals surface area contributed by atoms with Crippen molar-refractivity contribution in [3.63, 3.8) is 0 Å². The Labute approximate surface area is 140 Å². The Morgan fingerprint density at radius 2 is 2.22 bits per heavy atom. The number of carbonyl (C=O) groups is 1. The van der Waals surface area contributed by atoms with Crippen LogP contribution in [0.2, 0.25) is 0 Å². The van der Waals surface area contributed by atoms with E-state index in [9.17, 15) is 4.79 Å². The van der Waals surface area contributed by atoms with Gasteiger partial charge in [-0.05, 0) is 35.8 Å². The van der Waals surface area contributed by atoms with Crippen LogP contribution in [0, 0.1) is 6.92 Å². The van der Waals surface area contributed by atoms with E-state index in [1.54, 1.807) is 0 Å². The van der Waals surface area contributed by atoms with Crippen LogP contribution in [0.5, 0.6) is 0 Å². The molecule has 1 aromatic carbocycles. The van der Waals surface area contributed by atoms with Crippen LogP contribution < -0.4 is 5.32 Å². The maximum absolute atomic E-state index is 12.0. The SMILES string of the molecule is Cc1cccc(CNC(=O)CSc2nnnn2C2CCCC2)c1. The maximum Gasteiger partial charge on any atom is 0.230 e. The molecule has 122 valence electrons. The summed E-state index contributed by atoms with van der Waals surface area (Å²) in [7, 11) is 0. The first-order chi connectivity index (χ1) is 11.2. The van der Waals surface area contributed by atoms with E-state index in [1.807, 2.05) is 29.8 Å². The lowest BCUT2D eigenvalue weighted by atomic mass is 10.1. The highest BCUT2D eigenvalue weighted by atomic mass is 32.2. The zero-order valence-corrected chi connectivity index (χ0v) is 14.1. The zero-order chi connectivity index (χ0) is 16.1. The van der Waals surface area contributed by atoms with Gasteiger partial charge in [-0.3, -0.25) is 4.79 Å². The van der Waals surface area contributed by atoms with Gasteiger partial charge in [0.1, 0.15) is 0 Å². The number of nitrogens with one attached hydrogen (secondary N) is 1. The number of carbonyl (C=O) groups excluding carboxylic acids is 1. The van der Waals surface area contributed by atoms with Crippen LogP contribution in [-0.4, -0.2) is 31.9 Å². The summed E-state index contributed by atoms with van der Waals surface area (Å²) in [6.07, 6.45) is 4.70. The fourth-order valence-electron chi connectivity index (χ4n) is 2.86. The molecule has 0 saturated heterocycles. The van der Waals surface area contributed by atoms with E-state index in [0.29, 0.717) is 18.3 Å². The van der Waals surface area contributed by atoms with Crippen molar-refractivity contribution in [1.82, 2.24) is 25.5 Å². The average molecular weight is 331 g/mol. The molecule has 0 unspecified atom stereocenters. The summed E-state index contributed by atoms with van der Waals surface area (Å²) in [5.41, 5.74) is 2.31. The topological polar surface area (TPSA) is 72.7 Å². The minimum atomic E-state index is -0.00234. The monoisotopic (exact) mass is 331 g/mol. The first-order valence-electron chi connectivity index (χ1n) is 7.95. The summed E-state index contributed by atoms with van der Waals surface area (Å²) in [5, 5.41) is 15.6. The highest BCUT2D eigenvalue weighted by molar-refractivity contribution is 7.99. The van der Waals surface area contributed by atoms with Gasteiger partial charge in [-0.15, -0.1) is 5.10 Å². The number of aromatic nitrogens is 4. The van der Waals surface area contributed by atoms with Crippen molar-refractivity contribution in [3.8, 4) is 0 Å². The molecule has 0 bridgehead atoms. The Balaban J connectivity index is 1.48. The summed E-state index contributed by atoms with van der Waals surface area (Å²) in [4.78, 5) is 12.0. The molecule has 23 heavy (non-hydrogen) atoms. The Kier molecular flexibility index (Phi) is 5.27. The molecule has 1 aliphatic carbocycles. The number of amides is 1. The molecule has 1 heterocycles. The van der Waals surface area contributed by atoms with Gasteiger partial charge in [0.25, 0.3) is 0 Å². The standard InChI is InChI=1S/C16H21N5OS/c1-12-5-4-6-13(9-12)10-17-15(22)11-23-16-18-19-20-21(16)14-7-2-3-8-14/h4-6,9,14H,2-3,7-8,10-11H2,1H3,(H,17,22). The Morgan fingerprint density at radius 3 is 3.00 bits per heavy atom. The second kappa shape index (κ2) is 7.59. The maximum atomic E-state index is 12.0. The number of thioether (sulfide) groups is 1. The molecular weight excluding hydrogens is 310 g/mol. The summed E-state index contributed by atoms with van der Waals surface area (Å²) < 4.78 is 1.88. The minimum Gasteiger partial charge on any atom is -0.351 e. The van der Waals surface area contributed by atoms with Gasteiger partial charge < -0.3 is 5.32 Å². The Hall–Kier alpha value is -1.89. The fraction of sp³-hybridized carbons (Fsp3) is 0.500. The van der Waals surface area contributed by atoms with Crippen molar-refractivity contribution in [2.45, 2.75) is 50.4 Å². The van der Waals surface area contributed by atoms with Crippen LogP contribution in [0.3, 0.4) is 0 Å². The van der Waals surface area contributed by atoms with E-state index >= 15 is 0 Å². The largest absolute Gasteiger partial charge is 0.351 e. The molecule has 2 aromatic rings. The highest BCUT2D eigenvalue weighted by Gasteiger charge is 2.21. The molecule has 3 rings (SSSR count). The molecule has 1 amide bonds. The second-order valence-corrected chi connectivity index (χ2v) is 6.84. The molecule has 1 fully saturated rings. The fourth-order valence-corrected chi connectivity index (χ4v) is 3.64. The van der Waals surface area contributed by atoms with Gasteiger partial charge in [-0.1, -0.05) is 54.4 Å². The second-order valence-electron chi connectivity index (χ2n) is 5.90. The van der Waals surface area contributed by atoms with Crippen molar-refractivity contribution in [3.05, 3.63) is 35.4 Å². The molecule has 0 atom stereocenters. The van der Waals surface area contributed by atoms with Gasteiger partial charge in [0.05, 0.1) is 11.8 Å². The number of rotatable bonds is 6. The lowest BCUT2D eigenvalue weighted by Gasteiger charge is -2.10. The molecule has 6 nitrogen and oxygen atoms in total. The van der Waals surface area contributed by atoms with E-state index in [4.69, 9.17) is 0 Å². The van der Waals surface area contributed by atoms with Gasteiger partial charge in [-0.2, -0.15) is 0 Å². The van der Waals surface area contributed by atoms with E-state index in [2.05, 4.69) is 26.9 Å². The molecule has 1 aliphatic rings. The molecule has 7 heteroatoms. The van der Waals surface area contributed by atoms with Gasteiger partial charge in [-0.25, -0.2) is 4.68 Å². The third-order valence-electron chi connectivity index (χ3n) is 4.04. The van der Waals surface area contributed by atoms with Crippen LogP contribution in [0.15, 0.2) is 29.4 Å². The van der Waals surface area contributed by atoms with E-state index < -0.39 is 0 Å². The summed E-state index contributed by atoms with van der Waals surface area (Å²) in [5.74, 6) is 0.330. The first kappa shape index (κ1) is 16.0. The molecule has 0 aliphatic heterocycles. The van der Waals surface area contributed by atoms with Crippen molar-refractivity contribution >= 4 is 17.7 Å². The van der Waals surface area contributed by atoms with E-state index in [0.717, 1.165) is 23.6 Å². The summed E-state index contributed by atoms with van der Waals surface area (Å²) in [6.45, 7) is 2.60. The molecule has 0 radical (unpaired) electrons. The number of hydrogen-bond donors (Lipinski definition) is 1.